The average molecular weight is 321 g/mol. The zero-order valence-corrected chi connectivity index (χ0v) is 13.4. The Bertz CT molecular complexity index is 668. The Morgan fingerprint density at radius 2 is 2.29 bits per heavy atom. The Balaban J connectivity index is 1.61. The minimum atomic E-state index is 0.131. The van der Waals surface area contributed by atoms with E-state index in [0.29, 0.717) is 11.6 Å². The Hall–Kier alpha value is -1.52. The van der Waals surface area contributed by atoms with Gasteiger partial charge in [-0.2, -0.15) is 0 Å². The van der Waals surface area contributed by atoms with Gasteiger partial charge in [-0.15, -0.1) is 11.3 Å². The van der Waals surface area contributed by atoms with E-state index in [4.69, 9.17) is 11.6 Å². The number of rotatable bonds is 3. The van der Waals surface area contributed by atoms with Crippen LogP contribution in [0.25, 0.3) is 0 Å². The first kappa shape index (κ1) is 14.4. The van der Waals surface area contributed by atoms with Crippen molar-refractivity contribution in [1.29, 1.82) is 0 Å². The standard InChI is InChI=1S/C16H17ClN2OS/c1-11-13(17)3-2-4-14(11)18-9-16(20)19-7-5-15-12(10-19)6-8-21-15/h2-4,6,8,18H,5,7,9-10H2,1H3. The number of amides is 1. The van der Waals surface area contributed by atoms with E-state index < -0.39 is 0 Å². The molecule has 1 aliphatic rings. The van der Waals surface area contributed by atoms with E-state index in [1.54, 1.807) is 11.3 Å². The molecular weight excluding hydrogens is 304 g/mol. The molecule has 0 bridgehead atoms. The molecule has 0 unspecified atom stereocenters. The summed E-state index contributed by atoms with van der Waals surface area (Å²) < 4.78 is 0. The summed E-state index contributed by atoms with van der Waals surface area (Å²) in [6.07, 6.45) is 0.967. The summed E-state index contributed by atoms with van der Waals surface area (Å²) in [7, 11) is 0. The minimum absolute atomic E-state index is 0.131. The molecule has 0 saturated carbocycles. The van der Waals surface area contributed by atoms with Gasteiger partial charge in [0.2, 0.25) is 5.91 Å². The topological polar surface area (TPSA) is 32.3 Å². The third-order valence-corrected chi connectivity index (χ3v) is 5.29. The van der Waals surface area contributed by atoms with Crippen molar-refractivity contribution in [2.24, 2.45) is 0 Å². The van der Waals surface area contributed by atoms with Crippen molar-refractivity contribution in [3.8, 4) is 0 Å². The first-order valence-electron chi connectivity index (χ1n) is 6.97. The predicted molar refractivity (Wildman–Crippen MR) is 88.1 cm³/mol. The molecule has 0 aliphatic carbocycles. The van der Waals surface area contributed by atoms with Gasteiger partial charge < -0.3 is 10.2 Å². The number of nitrogens with zero attached hydrogens (tertiary/aromatic N) is 1. The molecular formula is C16H17ClN2OS. The summed E-state index contributed by atoms with van der Waals surface area (Å²) in [6, 6.07) is 7.81. The van der Waals surface area contributed by atoms with Crippen molar-refractivity contribution in [2.75, 3.05) is 18.4 Å². The lowest BCUT2D eigenvalue weighted by atomic mass is 10.1. The van der Waals surface area contributed by atoms with Crippen molar-refractivity contribution in [3.63, 3.8) is 0 Å². The van der Waals surface area contributed by atoms with Crippen LogP contribution < -0.4 is 5.32 Å². The fourth-order valence-corrected chi connectivity index (χ4v) is 3.61. The van der Waals surface area contributed by atoms with Crippen LogP contribution in [-0.4, -0.2) is 23.9 Å². The molecule has 1 aromatic heterocycles. The lowest BCUT2D eigenvalue weighted by molar-refractivity contribution is -0.130. The van der Waals surface area contributed by atoms with Gasteiger partial charge in [-0.25, -0.2) is 0 Å². The molecule has 0 saturated heterocycles. The molecule has 2 aromatic rings. The molecule has 0 atom stereocenters. The summed E-state index contributed by atoms with van der Waals surface area (Å²) >= 11 is 7.87. The second-order valence-corrected chi connectivity index (χ2v) is 6.61. The summed E-state index contributed by atoms with van der Waals surface area (Å²) in [4.78, 5) is 15.7. The van der Waals surface area contributed by atoms with Crippen LogP contribution in [0.4, 0.5) is 5.69 Å². The smallest absolute Gasteiger partial charge is 0.242 e. The van der Waals surface area contributed by atoms with Crippen LogP contribution in [0.5, 0.6) is 0 Å². The SMILES string of the molecule is Cc1c(Cl)cccc1NCC(=O)N1CCc2sccc2C1. The third kappa shape index (κ3) is 3.06. The number of carbonyl (C=O) groups excluding carboxylic acids is 1. The normalized spacial score (nSPS) is 13.9. The molecule has 0 spiro atoms. The van der Waals surface area contributed by atoms with Gasteiger partial charge in [0, 0.05) is 28.7 Å². The Labute approximate surface area is 133 Å². The highest BCUT2D eigenvalue weighted by Crippen LogP contribution is 2.25. The predicted octanol–water partition coefficient (Wildman–Crippen LogP) is 3.71. The van der Waals surface area contributed by atoms with E-state index >= 15 is 0 Å². The van der Waals surface area contributed by atoms with Gasteiger partial charge in [0.1, 0.15) is 0 Å². The number of fused-ring (bicyclic) bond motifs is 1. The number of hydrogen-bond donors (Lipinski definition) is 1. The van der Waals surface area contributed by atoms with Gasteiger partial charge in [0.25, 0.3) is 0 Å². The molecule has 1 N–H and O–H groups in total. The molecule has 0 radical (unpaired) electrons. The molecule has 3 nitrogen and oxygen atoms in total. The van der Waals surface area contributed by atoms with Crippen molar-refractivity contribution in [2.45, 2.75) is 19.9 Å². The van der Waals surface area contributed by atoms with Crippen LogP contribution in [0.1, 0.15) is 16.0 Å². The fraction of sp³-hybridized carbons (Fsp3) is 0.312. The van der Waals surface area contributed by atoms with E-state index in [0.717, 1.165) is 30.8 Å². The van der Waals surface area contributed by atoms with E-state index in [1.165, 1.54) is 10.4 Å². The summed E-state index contributed by atoms with van der Waals surface area (Å²) in [5.41, 5.74) is 3.19. The lowest BCUT2D eigenvalue weighted by Gasteiger charge is -2.27. The Morgan fingerprint density at radius 1 is 1.43 bits per heavy atom. The summed E-state index contributed by atoms with van der Waals surface area (Å²) in [6.45, 7) is 3.80. The van der Waals surface area contributed by atoms with Crippen LogP contribution in [-0.2, 0) is 17.8 Å². The van der Waals surface area contributed by atoms with Gasteiger partial charge in [0.05, 0.1) is 6.54 Å². The van der Waals surface area contributed by atoms with Crippen LogP contribution >= 0.6 is 22.9 Å². The number of benzene rings is 1. The highest BCUT2D eigenvalue weighted by Gasteiger charge is 2.21. The molecule has 3 rings (SSSR count). The molecule has 110 valence electrons. The maximum absolute atomic E-state index is 12.3. The van der Waals surface area contributed by atoms with Crippen molar-refractivity contribution in [1.82, 2.24) is 4.90 Å². The van der Waals surface area contributed by atoms with Crippen LogP contribution in [0.15, 0.2) is 29.6 Å². The van der Waals surface area contributed by atoms with Gasteiger partial charge in [-0.1, -0.05) is 17.7 Å². The monoisotopic (exact) mass is 320 g/mol. The largest absolute Gasteiger partial charge is 0.376 e. The van der Waals surface area contributed by atoms with E-state index in [9.17, 15) is 4.79 Å². The minimum Gasteiger partial charge on any atom is -0.376 e. The number of anilines is 1. The van der Waals surface area contributed by atoms with Gasteiger partial charge in [0.15, 0.2) is 0 Å². The number of nitrogens with one attached hydrogen (secondary N) is 1. The van der Waals surface area contributed by atoms with Crippen LogP contribution in [0, 0.1) is 6.92 Å². The maximum atomic E-state index is 12.3. The first-order valence-corrected chi connectivity index (χ1v) is 8.23. The zero-order chi connectivity index (χ0) is 14.8. The lowest BCUT2D eigenvalue weighted by Crippen LogP contribution is -2.38. The molecule has 21 heavy (non-hydrogen) atoms. The van der Waals surface area contributed by atoms with Crippen molar-refractivity contribution >= 4 is 34.5 Å². The van der Waals surface area contributed by atoms with Gasteiger partial charge in [-0.3, -0.25) is 4.79 Å². The highest BCUT2D eigenvalue weighted by molar-refractivity contribution is 7.10. The van der Waals surface area contributed by atoms with E-state index in [2.05, 4.69) is 16.8 Å². The fourth-order valence-electron chi connectivity index (χ4n) is 2.54. The number of hydrogen-bond acceptors (Lipinski definition) is 3. The summed E-state index contributed by atoms with van der Waals surface area (Å²) in [5.74, 6) is 0.131. The van der Waals surface area contributed by atoms with Crippen LogP contribution in [0.3, 0.4) is 0 Å². The Morgan fingerprint density at radius 3 is 3.14 bits per heavy atom. The molecule has 0 fully saturated rings. The zero-order valence-electron chi connectivity index (χ0n) is 11.9. The first-order chi connectivity index (χ1) is 10.1. The molecule has 1 aliphatic heterocycles. The van der Waals surface area contributed by atoms with Gasteiger partial charge in [-0.05, 0) is 48.1 Å². The number of carbonyl (C=O) groups is 1. The molecule has 2 heterocycles. The third-order valence-electron chi connectivity index (χ3n) is 3.86. The second-order valence-electron chi connectivity index (χ2n) is 5.20. The second kappa shape index (κ2) is 6.08. The van der Waals surface area contributed by atoms with Crippen molar-refractivity contribution in [3.05, 3.63) is 50.7 Å². The van der Waals surface area contributed by atoms with E-state index in [-0.39, 0.29) is 5.91 Å². The summed E-state index contributed by atoms with van der Waals surface area (Å²) in [5, 5.41) is 6.02. The van der Waals surface area contributed by atoms with Gasteiger partial charge >= 0.3 is 0 Å². The van der Waals surface area contributed by atoms with Crippen molar-refractivity contribution < 1.29 is 4.79 Å². The Kier molecular flexibility index (Phi) is 4.17. The number of thiophene rings is 1. The quantitative estimate of drug-likeness (QED) is 0.935. The molecule has 1 amide bonds. The highest BCUT2D eigenvalue weighted by atomic mass is 35.5. The van der Waals surface area contributed by atoms with E-state index in [1.807, 2.05) is 30.0 Å². The molecule has 1 aromatic carbocycles. The maximum Gasteiger partial charge on any atom is 0.242 e. The number of halogens is 1. The van der Waals surface area contributed by atoms with Crippen LogP contribution in [0.2, 0.25) is 5.02 Å². The average Bonchev–Trinajstić information content (AvgIpc) is 2.96. The molecule has 5 heteroatoms.